The summed E-state index contributed by atoms with van der Waals surface area (Å²) in [6.07, 6.45) is 7.70. The predicted molar refractivity (Wildman–Crippen MR) is 73.2 cm³/mol. The van der Waals surface area contributed by atoms with Crippen LogP contribution in [-0.2, 0) is 17.6 Å². The zero-order valence-corrected chi connectivity index (χ0v) is 12.3. The molecule has 0 aliphatic heterocycles. The largest absolute Gasteiger partial charge is 0.550 e. The summed E-state index contributed by atoms with van der Waals surface area (Å²) in [5.41, 5.74) is 0.635. The number of nitrogens with zero attached hydrogens (tertiary/aromatic N) is 1. The number of hydrogen-bond acceptors (Lipinski definition) is 4. The van der Waals surface area contributed by atoms with Crippen LogP contribution in [0.2, 0.25) is 0 Å². The number of carbonyl (C=O) groups is 1. The highest BCUT2D eigenvalue weighted by atomic mass is 32.1. The Morgan fingerprint density at radius 1 is 1.47 bits per heavy atom. The average Bonchev–Trinajstić information content (AvgIpc) is 2.84. The van der Waals surface area contributed by atoms with Gasteiger partial charge in [-0.1, -0.05) is 6.42 Å². The van der Waals surface area contributed by atoms with E-state index in [9.17, 15) is 9.90 Å². The van der Waals surface area contributed by atoms with Crippen LogP contribution < -0.4 is 10.0 Å². The second kappa shape index (κ2) is 7.01. The normalized spacial score (nSPS) is 18.4. The van der Waals surface area contributed by atoms with Crippen molar-refractivity contribution in [2.45, 2.75) is 51.0 Å². The number of carboxylic acid groups (broad SMARTS) is 1. The lowest BCUT2D eigenvalue weighted by atomic mass is 9.94. The number of carboxylic acids is 1. The first-order chi connectivity index (χ1) is 9.15. The van der Waals surface area contributed by atoms with Crippen LogP contribution in [0.25, 0.3) is 0 Å². The molecular weight excluding hydrogens is 260 g/mol. The van der Waals surface area contributed by atoms with E-state index in [-0.39, 0.29) is 6.42 Å². The molecule has 1 aromatic rings. The summed E-state index contributed by atoms with van der Waals surface area (Å²) in [6.45, 7) is 1.09. The number of aromatic nitrogens is 1. The lowest BCUT2D eigenvalue weighted by Gasteiger charge is -2.27. The van der Waals surface area contributed by atoms with Crippen molar-refractivity contribution in [3.05, 3.63) is 16.1 Å². The molecule has 1 atom stereocenters. The molecule has 0 radical (unpaired) electrons. The highest BCUT2D eigenvalue weighted by Gasteiger charge is 2.21. The summed E-state index contributed by atoms with van der Waals surface area (Å²) in [5.74, 6) is -1.05. The van der Waals surface area contributed by atoms with Crippen LogP contribution in [0.5, 0.6) is 0 Å². The minimum atomic E-state index is -1.05. The van der Waals surface area contributed by atoms with Crippen molar-refractivity contribution in [3.63, 3.8) is 0 Å². The molecule has 1 fully saturated rings. The Balaban J connectivity index is 1.77. The van der Waals surface area contributed by atoms with Gasteiger partial charge in [0, 0.05) is 24.2 Å². The number of carbonyl (C=O) groups excluding carboxylic acids is 1. The Morgan fingerprint density at radius 3 is 2.89 bits per heavy atom. The summed E-state index contributed by atoms with van der Waals surface area (Å²) < 4.78 is 0. The van der Waals surface area contributed by atoms with Gasteiger partial charge in [0.15, 0.2) is 0 Å². The van der Waals surface area contributed by atoms with Gasteiger partial charge in [-0.05, 0) is 25.7 Å². The van der Waals surface area contributed by atoms with Crippen LogP contribution in [0.1, 0.15) is 42.8 Å². The smallest absolute Gasteiger partial charge is 0.0984 e. The fraction of sp³-hybridized carbons (Fsp3) is 0.714. The molecule has 0 bridgehead atoms. The topological polar surface area (TPSA) is 57.5 Å². The third-order valence-corrected chi connectivity index (χ3v) is 4.92. The third kappa shape index (κ3) is 4.58. The van der Waals surface area contributed by atoms with Gasteiger partial charge < -0.3 is 14.8 Å². The summed E-state index contributed by atoms with van der Waals surface area (Å²) in [6, 6.07) is 0.802. The van der Waals surface area contributed by atoms with Gasteiger partial charge in [0.25, 0.3) is 0 Å². The zero-order chi connectivity index (χ0) is 13.7. The molecule has 1 aliphatic rings. The highest BCUT2D eigenvalue weighted by molar-refractivity contribution is 7.09. The molecule has 0 saturated heterocycles. The van der Waals surface area contributed by atoms with Gasteiger partial charge in [0.05, 0.1) is 30.3 Å². The van der Waals surface area contributed by atoms with E-state index in [1.807, 2.05) is 5.38 Å². The van der Waals surface area contributed by atoms with Crippen LogP contribution in [0.15, 0.2) is 5.38 Å². The lowest BCUT2D eigenvalue weighted by Crippen LogP contribution is -3.13. The van der Waals surface area contributed by atoms with Crippen LogP contribution in [0, 0.1) is 0 Å². The Morgan fingerprint density at radius 2 is 2.21 bits per heavy atom. The van der Waals surface area contributed by atoms with Gasteiger partial charge in [-0.25, -0.2) is 4.98 Å². The lowest BCUT2D eigenvalue weighted by molar-refractivity contribution is -0.907. The first-order valence-electron chi connectivity index (χ1n) is 7.10. The molecule has 2 rings (SSSR count). The van der Waals surface area contributed by atoms with Crippen molar-refractivity contribution in [3.8, 4) is 0 Å². The number of aliphatic carboxylic acids is 1. The standard InChI is InChI=1S/C14H22N2O2S/c1-16(12-5-3-2-4-6-12)8-7-13-15-11(10-19-13)9-14(17)18/h10,12H,2-9H2,1H3,(H,17,18). The highest BCUT2D eigenvalue weighted by Crippen LogP contribution is 2.15. The summed E-state index contributed by atoms with van der Waals surface area (Å²) in [7, 11) is 2.27. The van der Waals surface area contributed by atoms with E-state index in [1.54, 1.807) is 16.2 Å². The number of hydrogen-bond donors (Lipinski definition) is 1. The van der Waals surface area contributed by atoms with Gasteiger partial charge >= 0.3 is 0 Å². The predicted octanol–water partition coefficient (Wildman–Crippen LogP) is -0.175. The van der Waals surface area contributed by atoms with E-state index >= 15 is 0 Å². The number of thiazole rings is 1. The van der Waals surface area contributed by atoms with Crippen molar-refractivity contribution in [1.82, 2.24) is 4.98 Å². The van der Waals surface area contributed by atoms with Gasteiger partial charge in [0.2, 0.25) is 0 Å². The molecule has 5 heteroatoms. The van der Waals surface area contributed by atoms with E-state index in [4.69, 9.17) is 0 Å². The average molecular weight is 282 g/mol. The van der Waals surface area contributed by atoms with Crippen molar-refractivity contribution in [1.29, 1.82) is 0 Å². The molecule has 1 heterocycles. The Labute approximate surface area is 118 Å². The molecule has 1 N–H and O–H groups in total. The molecule has 1 aliphatic carbocycles. The van der Waals surface area contributed by atoms with E-state index < -0.39 is 5.97 Å². The molecule has 1 aromatic heterocycles. The van der Waals surface area contributed by atoms with Crippen molar-refractivity contribution in [2.24, 2.45) is 0 Å². The minimum Gasteiger partial charge on any atom is -0.550 e. The molecule has 0 spiro atoms. The molecular formula is C14H22N2O2S. The van der Waals surface area contributed by atoms with E-state index in [0.717, 1.165) is 24.0 Å². The monoisotopic (exact) mass is 282 g/mol. The van der Waals surface area contributed by atoms with E-state index in [0.29, 0.717) is 5.69 Å². The second-order valence-corrected chi connectivity index (χ2v) is 6.41. The first kappa shape index (κ1) is 14.5. The van der Waals surface area contributed by atoms with Crippen LogP contribution in [-0.4, -0.2) is 30.6 Å². The molecule has 0 aromatic carbocycles. The van der Waals surface area contributed by atoms with Crippen molar-refractivity contribution in [2.75, 3.05) is 13.6 Å². The molecule has 0 amide bonds. The Kier molecular flexibility index (Phi) is 5.34. The SMILES string of the molecule is C[NH+](CCc1nc(CC(=O)[O-])cs1)C1CCCCC1. The Hall–Kier alpha value is -0.940. The number of rotatable bonds is 6. The first-order valence-corrected chi connectivity index (χ1v) is 7.98. The van der Waals surface area contributed by atoms with Gasteiger partial charge in [-0.15, -0.1) is 11.3 Å². The third-order valence-electron chi connectivity index (χ3n) is 3.96. The summed E-state index contributed by atoms with van der Waals surface area (Å²) >= 11 is 1.56. The van der Waals surface area contributed by atoms with Crippen molar-refractivity contribution < 1.29 is 14.8 Å². The minimum absolute atomic E-state index is 0.0676. The molecule has 106 valence electrons. The Bertz CT molecular complexity index is 413. The molecule has 1 unspecified atom stereocenters. The maximum Gasteiger partial charge on any atom is 0.0984 e. The molecule has 4 nitrogen and oxygen atoms in total. The number of nitrogens with one attached hydrogen (secondary N) is 1. The van der Waals surface area contributed by atoms with Gasteiger partial charge in [-0.2, -0.15) is 0 Å². The maximum atomic E-state index is 10.5. The van der Waals surface area contributed by atoms with Gasteiger partial charge in [-0.3, -0.25) is 0 Å². The van der Waals surface area contributed by atoms with Crippen LogP contribution >= 0.6 is 11.3 Å². The zero-order valence-electron chi connectivity index (χ0n) is 11.5. The summed E-state index contributed by atoms with van der Waals surface area (Å²) in [4.78, 5) is 16.4. The van der Waals surface area contributed by atoms with Crippen LogP contribution in [0.4, 0.5) is 0 Å². The van der Waals surface area contributed by atoms with Crippen LogP contribution in [0.3, 0.4) is 0 Å². The maximum absolute atomic E-state index is 10.5. The fourth-order valence-corrected chi connectivity index (χ4v) is 3.59. The second-order valence-electron chi connectivity index (χ2n) is 5.46. The molecule has 1 saturated carbocycles. The van der Waals surface area contributed by atoms with Gasteiger partial charge in [0.1, 0.15) is 0 Å². The van der Waals surface area contributed by atoms with E-state index in [2.05, 4.69) is 12.0 Å². The molecule has 19 heavy (non-hydrogen) atoms. The quantitative estimate of drug-likeness (QED) is 0.788. The van der Waals surface area contributed by atoms with E-state index in [1.165, 1.54) is 32.1 Å². The summed E-state index contributed by atoms with van der Waals surface area (Å²) in [5, 5.41) is 13.4. The van der Waals surface area contributed by atoms with Crippen molar-refractivity contribution >= 4 is 17.3 Å². The number of likely N-dealkylation sites (N-methyl/N-ethyl adjacent to an activating group) is 1. The number of quaternary nitrogens is 1. The fourth-order valence-electron chi connectivity index (χ4n) is 2.80.